The van der Waals surface area contributed by atoms with Gasteiger partial charge in [0.2, 0.25) is 0 Å². The number of amides is 1. The van der Waals surface area contributed by atoms with E-state index in [1.54, 1.807) is 41.6 Å². The van der Waals surface area contributed by atoms with Gasteiger partial charge in [0.1, 0.15) is 12.1 Å². The fourth-order valence-electron chi connectivity index (χ4n) is 1.64. The highest BCUT2D eigenvalue weighted by Gasteiger charge is 2.10. The summed E-state index contributed by atoms with van der Waals surface area (Å²) >= 11 is 5.62. The Kier molecular flexibility index (Phi) is 3.22. The highest BCUT2D eigenvalue weighted by atomic mass is 35.5. The Morgan fingerprint density at radius 1 is 1.30 bits per heavy atom. The fourth-order valence-corrected chi connectivity index (χ4v) is 1.78. The summed E-state index contributed by atoms with van der Waals surface area (Å²) in [6.45, 7) is 0. The number of nitrogens with zero attached hydrogens (tertiary/aromatic N) is 3. The summed E-state index contributed by atoms with van der Waals surface area (Å²) in [5, 5.41) is 2.84. The molecule has 3 heterocycles. The van der Waals surface area contributed by atoms with Crippen molar-refractivity contribution in [3.8, 4) is 5.82 Å². The number of anilines is 1. The van der Waals surface area contributed by atoms with E-state index in [2.05, 4.69) is 15.3 Å². The molecule has 0 unspecified atom stereocenters. The topological polar surface area (TPSA) is 73.0 Å². The lowest BCUT2D eigenvalue weighted by Gasteiger charge is -2.04. The zero-order chi connectivity index (χ0) is 13.9. The molecule has 0 aliphatic carbocycles. The maximum absolute atomic E-state index is 11.8. The van der Waals surface area contributed by atoms with Crippen LogP contribution in [0.2, 0.25) is 5.22 Å². The molecule has 100 valence electrons. The summed E-state index contributed by atoms with van der Waals surface area (Å²) in [5.74, 6) is 0.476. The van der Waals surface area contributed by atoms with Gasteiger partial charge in [-0.05, 0) is 35.9 Å². The first-order valence-electron chi connectivity index (χ1n) is 5.73. The molecule has 0 saturated heterocycles. The van der Waals surface area contributed by atoms with E-state index in [4.69, 9.17) is 16.0 Å². The van der Waals surface area contributed by atoms with E-state index >= 15 is 0 Å². The summed E-state index contributed by atoms with van der Waals surface area (Å²) in [6, 6.07) is 6.53. The first kappa shape index (κ1) is 12.4. The van der Waals surface area contributed by atoms with Gasteiger partial charge < -0.3 is 9.73 Å². The molecule has 0 fully saturated rings. The van der Waals surface area contributed by atoms with E-state index < -0.39 is 0 Å². The minimum atomic E-state index is -0.380. The van der Waals surface area contributed by atoms with Gasteiger partial charge in [0.05, 0.1) is 11.9 Å². The number of nitrogens with one attached hydrogen (secondary N) is 1. The van der Waals surface area contributed by atoms with Crippen molar-refractivity contribution in [2.75, 3.05) is 5.32 Å². The Balaban J connectivity index is 1.74. The number of halogens is 1. The molecule has 0 spiro atoms. The molecule has 3 rings (SSSR count). The van der Waals surface area contributed by atoms with Gasteiger partial charge in [-0.1, -0.05) is 0 Å². The van der Waals surface area contributed by atoms with Crippen molar-refractivity contribution >= 4 is 23.2 Å². The molecule has 1 amide bonds. The normalized spacial score (nSPS) is 10.4. The SMILES string of the molecule is O=C(Nc1ccc(-n2ccnc2)nc1)c1ccc(Cl)o1. The fraction of sp³-hybridized carbons (Fsp3) is 0. The van der Waals surface area contributed by atoms with Crippen LogP contribution >= 0.6 is 11.6 Å². The number of imidazole rings is 1. The van der Waals surface area contributed by atoms with Crippen LogP contribution in [0.1, 0.15) is 10.6 Å². The third-order valence-corrected chi connectivity index (χ3v) is 2.77. The van der Waals surface area contributed by atoms with Crippen molar-refractivity contribution in [3.05, 3.63) is 60.2 Å². The summed E-state index contributed by atoms with van der Waals surface area (Å²) in [4.78, 5) is 20.0. The highest BCUT2D eigenvalue weighted by molar-refractivity contribution is 6.29. The summed E-state index contributed by atoms with van der Waals surface area (Å²) in [5.41, 5.74) is 0.561. The van der Waals surface area contributed by atoms with Crippen molar-refractivity contribution in [1.29, 1.82) is 0 Å². The monoisotopic (exact) mass is 288 g/mol. The molecule has 0 atom stereocenters. The predicted molar refractivity (Wildman–Crippen MR) is 73.0 cm³/mol. The standard InChI is InChI=1S/C13H9ClN4O2/c14-11-3-2-10(20-11)13(19)17-9-1-4-12(16-7-9)18-6-5-15-8-18/h1-8H,(H,17,19). The molecule has 1 N–H and O–H groups in total. The van der Waals surface area contributed by atoms with Crippen LogP contribution in [0.3, 0.4) is 0 Å². The van der Waals surface area contributed by atoms with E-state index in [1.807, 2.05) is 0 Å². The molecule has 20 heavy (non-hydrogen) atoms. The highest BCUT2D eigenvalue weighted by Crippen LogP contribution is 2.15. The van der Waals surface area contributed by atoms with Gasteiger partial charge >= 0.3 is 0 Å². The lowest BCUT2D eigenvalue weighted by atomic mass is 10.3. The lowest BCUT2D eigenvalue weighted by Crippen LogP contribution is -2.11. The van der Waals surface area contributed by atoms with Gasteiger partial charge in [-0.15, -0.1) is 0 Å². The molecule has 0 aliphatic rings. The van der Waals surface area contributed by atoms with Crippen molar-refractivity contribution in [2.45, 2.75) is 0 Å². The van der Waals surface area contributed by atoms with Gasteiger partial charge in [0, 0.05) is 12.4 Å². The molecule has 0 radical (unpaired) electrons. The molecular weight excluding hydrogens is 280 g/mol. The van der Waals surface area contributed by atoms with E-state index in [9.17, 15) is 4.79 Å². The van der Waals surface area contributed by atoms with Crippen LogP contribution in [-0.4, -0.2) is 20.4 Å². The second-order valence-corrected chi connectivity index (χ2v) is 4.31. The Hall–Kier alpha value is -2.60. The van der Waals surface area contributed by atoms with Gasteiger partial charge in [-0.25, -0.2) is 9.97 Å². The number of carbonyl (C=O) groups is 1. The molecule has 7 heteroatoms. The third-order valence-electron chi connectivity index (χ3n) is 2.57. The number of hydrogen-bond donors (Lipinski definition) is 1. The second kappa shape index (κ2) is 5.18. The minimum Gasteiger partial charge on any atom is -0.440 e. The van der Waals surface area contributed by atoms with E-state index in [0.29, 0.717) is 11.5 Å². The van der Waals surface area contributed by atoms with Crippen LogP contribution < -0.4 is 5.32 Å². The van der Waals surface area contributed by atoms with Crippen molar-refractivity contribution < 1.29 is 9.21 Å². The zero-order valence-electron chi connectivity index (χ0n) is 10.2. The molecule has 3 aromatic rings. The van der Waals surface area contributed by atoms with Crippen LogP contribution in [0.25, 0.3) is 5.82 Å². The Bertz CT molecular complexity index is 719. The van der Waals surface area contributed by atoms with Crippen LogP contribution in [-0.2, 0) is 0 Å². The molecular formula is C13H9ClN4O2. The van der Waals surface area contributed by atoms with Crippen LogP contribution in [0.4, 0.5) is 5.69 Å². The number of pyridine rings is 1. The third kappa shape index (κ3) is 2.55. The first-order valence-corrected chi connectivity index (χ1v) is 6.11. The largest absolute Gasteiger partial charge is 0.440 e. The van der Waals surface area contributed by atoms with Gasteiger partial charge in [-0.3, -0.25) is 9.36 Å². The Morgan fingerprint density at radius 2 is 2.20 bits per heavy atom. The average molecular weight is 289 g/mol. The maximum Gasteiger partial charge on any atom is 0.291 e. The molecule has 0 aliphatic heterocycles. The van der Waals surface area contributed by atoms with Gasteiger partial charge in [0.15, 0.2) is 11.0 Å². The number of aromatic nitrogens is 3. The van der Waals surface area contributed by atoms with Gasteiger partial charge in [0.25, 0.3) is 5.91 Å². The number of furan rings is 1. The predicted octanol–water partition coefficient (Wildman–Crippen LogP) is 2.77. The quantitative estimate of drug-likeness (QED) is 0.804. The Labute approximate surface area is 119 Å². The molecule has 0 aromatic carbocycles. The average Bonchev–Trinajstić information content (AvgIpc) is 3.10. The number of hydrogen-bond acceptors (Lipinski definition) is 4. The first-order chi connectivity index (χ1) is 9.72. The van der Waals surface area contributed by atoms with E-state index in [-0.39, 0.29) is 16.9 Å². The van der Waals surface area contributed by atoms with Crippen molar-refractivity contribution in [3.63, 3.8) is 0 Å². The molecule has 3 aromatic heterocycles. The lowest BCUT2D eigenvalue weighted by molar-refractivity contribution is 0.0996. The summed E-state index contributed by atoms with van der Waals surface area (Å²) < 4.78 is 6.78. The van der Waals surface area contributed by atoms with E-state index in [1.165, 1.54) is 12.1 Å². The van der Waals surface area contributed by atoms with Crippen LogP contribution in [0, 0.1) is 0 Å². The summed E-state index contributed by atoms with van der Waals surface area (Å²) in [6.07, 6.45) is 6.65. The summed E-state index contributed by atoms with van der Waals surface area (Å²) in [7, 11) is 0. The molecule has 0 bridgehead atoms. The Morgan fingerprint density at radius 3 is 2.80 bits per heavy atom. The van der Waals surface area contributed by atoms with Gasteiger partial charge in [-0.2, -0.15) is 0 Å². The maximum atomic E-state index is 11.8. The van der Waals surface area contributed by atoms with Crippen LogP contribution in [0.15, 0.2) is 53.6 Å². The smallest absolute Gasteiger partial charge is 0.291 e. The second-order valence-electron chi connectivity index (χ2n) is 3.93. The van der Waals surface area contributed by atoms with Crippen molar-refractivity contribution in [2.24, 2.45) is 0 Å². The molecule has 0 saturated carbocycles. The number of carbonyl (C=O) groups excluding carboxylic acids is 1. The van der Waals surface area contributed by atoms with Crippen LogP contribution in [0.5, 0.6) is 0 Å². The number of rotatable bonds is 3. The minimum absolute atomic E-state index is 0.147. The van der Waals surface area contributed by atoms with Crippen molar-refractivity contribution in [1.82, 2.24) is 14.5 Å². The van der Waals surface area contributed by atoms with E-state index in [0.717, 1.165) is 0 Å². The molecule has 6 nitrogen and oxygen atoms in total. The zero-order valence-corrected chi connectivity index (χ0v) is 10.9.